The smallest absolute Gasteiger partial charge is 0.419 e. The quantitative estimate of drug-likeness (QED) is 0.661. The number of benzene rings is 1. The van der Waals surface area contributed by atoms with Crippen molar-refractivity contribution in [1.82, 2.24) is 4.57 Å². The number of ether oxygens (including phenoxy) is 1. The molecule has 0 amide bonds. The first kappa shape index (κ1) is 14.9. The average Bonchev–Trinajstić information content (AvgIpc) is 3.02. The van der Waals surface area contributed by atoms with Gasteiger partial charge in [-0.05, 0) is 43.3 Å². The number of carbonyl (C=O) groups excluding carboxylic acids is 1. The van der Waals surface area contributed by atoms with Gasteiger partial charge in [0.2, 0.25) is 0 Å². The zero-order valence-corrected chi connectivity index (χ0v) is 13.8. The number of thiophene rings is 1. The summed E-state index contributed by atoms with van der Waals surface area (Å²) in [4.78, 5) is 12.4. The fourth-order valence-corrected chi connectivity index (χ4v) is 3.32. The second-order valence-corrected chi connectivity index (χ2v) is 7.22. The average molecular weight is 313 g/mol. The van der Waals surface area contributed by atoms with E-state index in [-0.39, 0.29) is 6.09 Å². The standard InChI is InChI=1S/C18H19NO2S/c1-18(2,3)21-17(20)19-12-14(16-15(19)9-10-22-16)11-13-7-5-4-6-8-13/h4-10,12H,11H2,1-3H3. The first-order valence-electron chi connectivity index (χ1n) is 7.29. The van der Waals surface area contributed by atoms with E-state index in [2.05, 4.69) is 12.1 Å². The van der Waals surface area contributed by atoms with Crippen LogP contribution in [0.15, 0.2) is 48.0 Å². The molecule has 3 aromatic rings. The van der Waals surface area contributed by atoms with E-state index in [9.17, 15) is 4.79 Å². The van der Waals surface area contributed by atoms with Crippen LogP contribution in [0.4, 0.5) is 4.79 Å². The minimum Gasteiger partial charge on any atom is -0.443 e. The summed E-state index contributed by atoms with van der Waals surface area (Å²) < 4.78 is 8.26. The van der Waals surface area contributed by atoms with E-state index in [1.165, 1.54) is 5.56 Å². The Kier molecular flexibility index (Phi) is 3.79. The zero-order chi connectivity index (χ0) is 15.7. The van der Waals surface area contributed by atoms with Crippen molar-refractivity contribution in [2.75, 3.05) is 0 Å². The third-order valence-corrected chi connectivity index (χ3v) is 4.29. The molecule has 0 aliphatic heterocycles. The topological polar surface area (TPSA) is 31.2 Å². The summed E-state index contributed by atoms with van der Waals surface area (Å²) in [5.41, 5.74) is 2.81. The highest BCUT2D eigenvalue weighted by molar-refractivity contribution is 7.17. The third kappa shape index (κ3) is 3.07. The van der Waals surface area contributed by atoms with Crippen molar-refractivity contribution >= 4 is 27.6 Å². The van der Waals surface area contributed by atoms with Gasteiger partial charge in [-0.1, -0.05) is 30.3 Å². The summed E-state index contributed by atoms with van der Waals surface area (Å²) in [5.74, 6) is 0. The summed E-state index contributed by atoms with van der Waals surface area (Å²) in [6.07, 6.45) is 2.39. The van der Waals surface area contributed by atoms with E-state index >= 15 is 0 Å². The molecule has 2 heterocycles. The van der Waals surface area contributed by atoms with Crippen molar-refractivity contribution in [3.8, 4) is 0 Å². The normalized spacial score (nSPS) is 11.8. The largest absolute Gasteiger partial charge is 0.443 e. The lowest BCUT2D eigenvalue weighted by molar-refractivity contribution is 0.0544. The third-order valence-electron chi connectivity index (χ3n) is 3.31. The van der Waals surface area contributed by atoms with Crippen molar-refractivity contribution in [2.24, 2.45) is 0 Å². The summed E-state index contributed by atoms with van der Waals surface area (Å²) in [5, 5.41) is 2.01. The second-order valence-electron chi connectivity index (χ2n) is 6.30. The summed E-state index contributed by atoms with van der Waals surface area (Å²) in [7, 11) is 0. The van der Waals surface area contributed by atoms with Crippen molar-refractivity contribution < 1.29 is 9.53 Å². The number of hydrogen-bond acceptors (Lipinski definition) is 3. The van der Waals surface area contributed by atoms with E-state index in [1.54, 1.807) is 15.9 Å². The number of nitrogens with zero attached hydrogens (tertiary/aromatic N) is 1. The van der Waals surface area contributed by atoms with Crippen LogP contribution in [-0.4, -0.2) is 16.3 Å². The molecule has 0 saturated carbocycles. The van der Waals surface area contributed by atoms with Gasteiger partial charge in [0.25, 0.3) is 0 Å². The maximum absolute atomic E-state index is 12.4. The summed E-state index contributed by atoms with van der Waals surface area (Å²) >= 11 is 1.66. The molecule has 0 fully saturated rings. The number of fused-ring (bicyclic) bond motifs is 1. The Hall–Kier alpha value is -2.07. The number of rotatable bonds is 2. The van der Waals surface area contributed by atoms with Crippen molar-refractivity contribution in [3.05, 3.63) is 59.1 Å². The Balaban J connectivity index is 1.96. The maximum atomic E-state index is 12.4. The highest BCUT2D eigenvalue weighted by Gasteiger charge is 2.21. The molecule has 4 heteroatoms. The van der Waals surface area contributed by atoms with Gasteiger partial charge in [-0.25, -0.2) is 4.79 Å². The predicted molar refractivity (Wildman–Crippen MR) is 90.7 cm³/mol. The fraction of sp³-hybridized carbons (Fsp3) is 0.278. The van der Waals surface area contributed by atoms with Crippen molar-refractivity contribution in [3.63, 3.8) is 0 Å². The molecule has 0 saturated heterocycles. The molecule has 2 aromatic heterocycles. The molecule has 0 bridgehead atoms. The molecule has 0 N–H and O–H groups in total. The molecule has 1 aromatic carbocycles. The molecule has 22 heavy (non-hydrogen) atoms. The summed E-state index contributed by atoms with van der Waals surface area (Å²) in [6, 6.07) is 12.3. The SMILES string of the molecule is CC(C)(C)OC(=O)n1cc(Cc2ccccc2)c2sccc21. The number of hydrogen-bond donors (Lipinski definition) is 0. The molecule has 0 radical (unpaired) electrons. The van der Waals surface area contributed by atoms with Crippen LogP contribution < -0.4 is 0 Å². The monoisotopic (exact) mass is 313 g/mol. The van der Waals surface area contributed by atoms with E-state index in [0.29, 0.717) is 0 Å². The molecule has 0 unspecified atom stereocenters. The lowest BCUT2D eigenvalue weighted by Gasteiger charge is -2.19. The highest BCUT2D eigenvalue weighted by Crippen LogP contribution is 2.29. The molecule has 3 rings (SSSR count). The molecule has 0 spiro atoms. The van der Waals surface area contributed by atoms with E-state index in [4.69, 9.17) is 4.74 Å². The van der Waals surface area contributed by atoms with E-state index < -0.39 is 5.60 Å². The van der Waals surface area contributed by atoms with Gasteiger partial charge in [0.05, 0.1) is 10.2 Å². The molecule has 0 aliphatic rings. The zero-order valence-electron chi connectivity index (χ0n) is 13.0. The molecule has 0 atom stereocenters. The van der Waals surface area contributed by atoms with Gasteiger partial charge < -0.3 is 4.74 Å². The van der Waals surface area contributed by atoms with Gasteiger partial charge in [0.1, 0.15) is 5.60 Å². The molecular weight excluding hydrogens is 294 g/mol. The van der Waals surface area contributed by atoms with Crippen LogP contribution in [0.1, 0.15) is 31.9 Å². The molecule has 3 nitrogen and oxygen atoms in total. The van der Waals surface area contributed by atoms with E-state index in [0.717, 1.165) is 22.2 Å². The van der Waals surface area contributed by atoms with Crippen molar-refractivity contribution in [2.45, 2.75) is 32.8 Å². The fourth-order valence-electron chi connectivity index (χ4n) is 2.42. The maximum Gasteiger partial charge on any atom is 0.419 e. The Morgan fingerprint density at radius 3 is 2.59 bits per heavy atom. The van der Waals surface area contributed by atoms with Crippen LogP contribution in [0, 0.1) is 0 Å². The van der Waals surface area contributed by atoms with Gasteiger partial charge in [0, 0.05) is 12.6 Å². The molecule has 114 valence electrons. The van der Waals surface area contributed by atoms with Crippen LogP contribution in [0.3, 0.4) is 0 Å². The van der Waals surface area contributed by atoms with Crippen LogP contribution in [0.2, 0.25) is 0 Å². The minimum absolute atomic E-state index is 0.324. The van der Waals surface area contributed by atoms with E-state index in [1.807, 2.05) is 56.6 Å². The first-order valence-corrected chi connectivity index (χ1v) is 8.17. The van der Waals surface area contributed by atoms with Crippen LogP contribution >= 0.6 is 11.3 Å². The number of aromatic nitrogens is 1. The second kappa shape index (κ2) is 5.61. The molecular formula is C18H19NO2S. The lowest BCUT2D eigenvalue weighted by atomic mass is 10.1. The Bertz CT molecular complexity index is 793. The van der Waals surface area contributed by atoms with Crippen LogP contribution in [-0.2, 0) is 11.2 Å². The predicted octanol–water partition coefficient (Wildman–Crippen LogP) is 5.08. The van der Waals surface area contributed by atoms with Crippen molar-refractivity contribution in [1.29, 1.82) is 0 Å². The van der Waals surface area contributed by atoms with Gasteiger partial charge in [-0.2, -0.15) is 0 Å². The van der Waals surface area contributed by atoms with Gasteiger partial charge >= 0.3 is 6.09 Å². The van der Waals surface area contributed by atoms with Gasteiger partial charge in [-0.3, -0.25) is 4.57 Å². The van der Waals surface area contributed by atoms with Crippen LogP contribution in [0.5, 0.6) is 0 Å². The van der Waals surface area contributed by atoms with Gasteiger partial charge in [0.15, 0.2) is 0 Å². The Morgan fingerprint density at radius 2 is 1.91 bits per heavy atom. The Morgan fingerprint density at radius 1 is 1.18 bits per heavy atom. The lowest BCUT2D eigenvalue weighted by Crippen LogP contribution is -2.26. The first-order chi connectivity index (χ1) is 10.4. The highest BCUT2D eigenvalue weighted by atomic mass is 32.1. The minimum atomic E-state index is -0.497. The van der Waals surface area contributed by atoms with Gasteiger partial charge in [-0.15, -0.1) is 11.3 Å². The molecule has 0 aliphatic carbocycles. The number of carbonyl (C=O) groups is 1. The Labute approximate surface area is 134 Å². The van der Waals surface area contributed by atoms with Crippen LogP contribution in [0.25, 0.3) is 10.2 Å². The summed E-state index contributed by atoms with van der Waals surface area (Å²) in [6.45, 7) is 5.64.